The normalized spacial score (nSPS) is 14.4. The fourth-order valence-electron chi connectivity index (χ4n) is 6.45. The molecule has 0 bridgehead atoms. The largest absolute Gasteiger partial charge is 0.455 e. The smallest absolute Gasteiger partial charge is 0.143 e. The zero-order valence-electron chi connectivity index (χ0n) is 32.9. The summed E-state index contributed by atoms with van der Waals surface area (Å²) >= 11 is 0. The molecule has 0 atom stereocenters. The van der Waals surface area contributed by atoms with Gasteiger partial charge in [-0.25, -0.2) is 0 Å². The summed E-state index contributed by atoms with van der Waals surface area (Å²) in [4.78, 5) is 0. The standard InChI is InChI=1S/C44H28O/c1-3-12-29(13-4-1)30-22-24-32(25-23-30)42-36-16-7-9-18-38(36)43(39-19-10-8-17-37(39)42)33-26-27-35-40-21-11-20-34(31-14-5-2-6-15-31)44(40)45-41(35)28-33/h1-28H/i1D,3D,4D,12D,13D,22D,23D,24D,25D. The molecule has 1 heterocycles. The zero-order valence-corrected chi connectivity index (χ0v) is 23.9. The van der Waals surface area contributed by atoms with Gasteiger partial charge < -0.3 is 4.42 Å². The molecule has 1 nitrogen and oxygen atoms in total. The van der Waals surface area contributed by atoms with Gasteiger partial charge in [0.25, 0.3) is 0 Å². The van der Waals surface area contributed by atoms with Crippen LogP contribution in [0.1, 0.15) is 12.3 Å². The summed E-state index contributed by atoms with van der Waals surface area (Å²) in [6, 6.07) is 33.1. The minimum absolute atomic E-state index is 0.0567. The lowest BCUT2D eigenvalue weighted by molar-refractivity contribution is 0.670. The number of benzene rings is 8. The number of fused-ring (bicyclic) bond motifs is 5. The molecule has 0 amide bonds. The highest BCUT2D eigenvalue weighted by atomic mass is 16.3. The maximum absolute atomic E-state index is 9.29. The molecule has 0 aliphatic carbocycles. The molecule has 1 heteroatoms. The van der Waals surface area contributed by atoms with Crippen LogP contribution in [-0.4, -0.2) is 0 Å². The number of para-hydroxylation sites is 1. The Labute approximate surface area is 274 Å². The van der Waals surface area contributed by atoms with Crippen LogP contribution >= 0.6 is 0 Å². The molecule has 210 valence electrons. The second-order valence-corrected chi connectivity index (χ2v) is 11.0. The third-order valence-electron chi connectivity index (χ3n) is 8.43. The fraction of sp³-hybridized carbons (Fsp3) is 0. The summed E-state index contributed by atoms with van der Waals surface area (Å²) in [5.74, 6) is 0. The fourth-order valence-corrected chi connectivity index (χ4v) is 6.45. The third kappa shape index (κ3) is 4.17. The molecule has 0 aliphatic heterocycles. The maximum Gasteiger partial charge on any atom is 0.143 e. The van der Waals surface area contributed by atoms with Gasteiger partial charge >= 0.3 is 0 Å². The highest BCUT2D eigenvalue weighted by Crippen LogP contribution is 2.45. The molecule has 0 saturated carbocycles. The molecule has 0 spiro atoms. The monoisotopic (exact) mass is 581 g/mol. The Morgan fingerprint density at radius 1 is 0.378 bits per heavy atom. The molecule has 0 radical (unpaired) electrons. The summed E-state index contributed by atoms with van der Waals surface area (Å²) in [7, 11) is 0. The Hall–Kier alpha value is -5.92. The molecule has 0 N–H and O–H groups in total. The van der Waals surface area contributed by atoms with Crippen molar-refractivity contribution in [3.05, 3.63) is 170 Å². The Bertz CT molecular complexity index is 2930. The molecular formula is C44H28O. The first-order chi connectivity index (χ1) is 26.1. The molecule has 1 aromatic heterocycles. The van der Waals surface area contributed by atoms with Crippen molar-refractivity contribution < 1.29 is 16.8 Å². The zero-order chi connectivity index (χ0) is 37.6. The van der Waals surface area contributed by atoms with Crippen LogP contribution in [0.25, 0.3) is 88.0 Å². The second kappa shape index (κ2) is 10.4. The van der Waals surface area contributed by atoms with Crippen molar-refractivity contribution in [3.63, 3.8) is 0 Å². The van der Waals surface area contributed by atoms with Crippen LogP contribution in [0.5, 0.6) is 0 Å². The first-order valence-corrected chi connectivity index (χ1v) is 14.7. The van der Waals surface area contributed by atoms with E-state index >= 15 is 0 Å². The van der Waals surface area contributed by atoms with E-state index in [4.69, 9.17) is 14.0 Å². The summed E-state index contributed by atoms with van der Waals surface area (Å²) in [6.07, 6.45) is 0. The molecule has 0 unspecified atom stereocenters. The highest BCUT2D eigenvalue weighted by molar-refractivity contribution is 6.22. The van der Waals surface area contributed by atoms with Crippen molar-refractivity contribution in [2.75, 3.05) is 0 Å². The van der Waals surface area contributed by atoms with Gasteiger partial charge in [0.2, 0.25) is 0 Å². The van der Waals surface area contributed by atoms with Crippen LogP contribution in [0.3, 0.4) is 0 Å². The minimum atomic E-state index is -0.614. The topological polar surface area (TPSA) is 13.1 Å². The maximum atomic E-state index is 9.29. The lowest BCUT2D eigenvalue weighted by atomic mass is 9.85. The van der Waals surface area contributed by atoms with Crippen LogP contribution in [0.4, 0.5) is 0 Å². The summed E-state index contributed by atoms with van der Waals surface area (Å²) < 4.78 is 84.7. The van der Waals surface area contributed by atoms with Crippen molar-refractivity contribution in [2.24, 2.45) is 0 Å². The lowest BCUT2D eigenvalue weighted by Gasteiger charge is -2.18. The van der Waals surface area contributed by atoms with E-state index in [0.29, 0.717) is 16.3 Å². The van der Waals surface area contributed by atoms with E-state index in [1.165, 1.54) is 0 Å². The molecule has 8 aromatic carbocycles. The van der Waals surface area contributed by atoms with Crippen molar-refractivity contribution >= 4 is 43.5 Å². The van der Waals surface area contributed by atoms with E-state index in [0.717, 1.165) is 55.0 Å². The first kappa shape index (κ1) is 18.0. The molecular weight excluding hydrogens is 544 g/mol. The van der Waals surface area contributed by atoms with Crippen molar-refractivity contribution in [3.8, 4) is 44.5 Å². The second-order valence-electron chi connectivity index (χ2n) is 11.0. The number of hydrogen-bond acceptors (Lipinski definition) is 1. The van der Waals surface area contributed by atoms with Crippen LogP contribution < -0.4 is 0 Å². The Balaban J connectivity index is 1.31. The van der Waals surface area contributed by atoms with E-state index in [2.05, 4.69) is 36.4 Å². The van der Waals surface area contributed by atoms with Crippen LogP contribution in [-0.2, 0) is 0 Å². The van der Waals surface area contributed by atoms with Crippen LogP contribution in [0, 0.1) is 0 Å². The van der Waals surface area contributed by atoms with Crippen molar-refractivity contribution in [2.45, 2.75) is 0 Å². The van der Waals surface area contributed by atoms with Crippen LogP contribution in [0.15, 0.2) is 174 Å². The van der Waals surface area contributed by atoms with Gasteiger partial charge in [-0.2, -0.15) is 0 Å². The first-order valence-electron chi connectivity index (χ1n) is 19.2. The summed E-state index contributed by atoms with van der Waals surface area (Å²) in [5.41, 5.74) is 5.26. The van der Waals surface area contributed by atoms with E-state index in [1.807, 2.05) is 78.9 Å². The van der Waals surface area contributed by atoms with E-state index in [1.54, 1.807) is 0 Å². The number of hydrogen-bond donors (Lipinski definition) is 0. The average molecular weight is 582 g/mol. The minimum Gasteiger partial charge on any atom is -0.455 e. The van der Waals surface area contributed by atoms with Crippen molar-refractivity contribution in [1.82, 2.24) is 0 Å². The summed E-state index contributed by atoms with van der Waals surface area (Å²) in [5, 5.41) is 5.08. The van der Waals surface area contributed by atoms with Gasteiger partial charge in [-0.3, -0.25) is 0 Å². The van der Waals surface area contributed by atoms with E-state index < -0.39 is 42.3 Å². The van der Waals surface area contributed by atoms with Gasteiger partial charge in [0.05, 0.1) is 12.3 Å². The molecule has 9 aromatic rings. The SMILES string of the molecule is [2H]c1c([2H])c([2H])c(-c2c([2H])c([2H])c(-c3c4ccccc4c(-c4ccc5c(c4)oc4c(-c6ccccc6)cccc45)c4ccccc34)c([2H])c2[2H])c([2H])c1[2H]. The van der Waals surface area contributed by atoms with Gasteiger partial charge in [-0.1, -0.05) is 158 Å². The quantitative estimate of drug-likeness (QED) is 0.188. The average Bonchev–Trinajstić information content (AvgIpc) is 3.58. The highest BCUT2D eigenvalue weighted by Gasteiger charge is 2.18. The van der Waals surface area contributed by atoms with Gasteiger partial charge in [-0.05, 0) is 72.6 Å². The molecule has 0 saturated heterocycles. The predicted octanol–water partition coefficient (Wildman–Crippen LogP) is 12.6. The molecule has 45 heavy (non-hydrogen) atoms. The molecule has 9 rings (SSSR count). The van der Waals surface area contributed by atoms with Gasteiger partial charge in [0.1, 0.15) is 11.2 Å². The van der Waals surface area contributed by atoms with E-state index in [-0.39, 0.29) is 28.8 Å². The van der Waals surface area contributed by atoms with E-state index in [9.17, 15) is 2.74 Å². The number of furan rings is 1. The van der Waals surface area contributed by atoms with Gasteiger partial charge in [0.15, 0.2) is 0 Å². The van der Waals surface area contributed by atoms with Gasteiger partial charge in [-0.15, -0.1) is 0 Å². The molecule has 0 aliphatic rings. The molecule has 0 fully saturated rings. The number of rotatable bonds is 4. The van der Waals surface area contributed by atoms with Crippen molar-refractivity contribution in [1.29, 1.82) is 0 Å². The third-order valence-corrected chi connectivity index (χ3v) is 8.43. The Morgan fingerprint density at radius 2 is 0.933 bits per heavy atom. The van der Waals surface area contributed by atoms with Crippen LogP contribution in [0.2, 0.25) is 0 Å². The Kier molecular flexibility index (Phi) is 4.15. The Morgan fingerprint density at radius 3 is 1.60 bits per heavy atom. The lowest BCUT2D eigenvalue weighted by Crippen LogP contribution is -1.91. The predicted molar refractivity (Wildman–Crippen MR) is 190 cm³/mol. The van der Waals surface area contributed by atoms with Gasteiger partial charge in [0, 0.05) is 16.3 Å². The summed E-state index contributed by atoms with van der Waals surface area (Å²) in [6.45, 7) is 0.